The number of benzene rings is 3. The van der Waals surface area contributed by atoms with E-state index in [1.165, 1.54) is 35.2 Å². The zero-order valence-corrected chi connectivity index (χ0v) is 24.6. The zero-order chi connectivity index (χ0) is 28.6. The highest BCUT2D eigenvalue weighted by Gasteiger charge is 2.33. The summed E-state index contributed by atoms with van der Waals surface area (Å²) in [6, 6.07) is 18.9. The molecular weight excluding hydrogens is 557 g/mol. The maximum absolute atomic E-state index is 14.0. The van der Waals surface area contributed by atoms with Crippen LogP contribution in [-0.4, -0.2) is 44.3 Å². The van der Waals surface area contributed by atoms with Crippen molar-refractivity contribution in [2.24, 2.45) is 0 Å². The maximum Gasteiger partial charge on any atom is 0.264 e. The molecule has 1 N–H and O–H groups in total. The van der Waals surface area contributed by atoms with Crippen LogP contribution < -0.4 is 9.62 Å². The van der Waals surface area contributed by atoms with Crippen molar-refractivity contribution in [2.75, 3.05) is 17.4 Å². The first-order valence-corrected chi connectivity index (χ1v) is 14.9. The highest BCUT2D eigenvalue weighted by atomic mass is 35.5. The number of rotatable bonds is 12. The van der Waals surface area contributed by atoms with Crippen LogP contribution in [0.1, 0.15) is 37.8 Å². The molecule has 2 amide bonds. The fraction of sp³-hybridized carbons (Fsp3) is 0.310. The van der Waals surface area contributed by atoms with Crippen molar-refractivity contribution < 1.29 is 18.0 Å². The average molecular weight is 591 g/mol. The first-order valence-electron chi connectivity index (χ1n) is 12.7. The van der Waals surface area contributed by atoms with Gasteiger partial charge in [-0.2, -0.15) is 0 Å². The van der Waals surface area contributed by atoms with Crippen LogP contribution in [0.5, 0.6) is 0 Å². The number of hydrogen-bond acceptors (Lipinski definition) is 4. The summed E-state index contributed by atoms with van der Waals surface area (Å²) >= 11 is 12.2. The summed E-state index contributed by atoms with van der Waals surface area (Å²) in [6.07, 6.45) is 1.10. The summed E-state index contributed by atoms with van der Waals surface area (Å²) in [6.45, 7) is 5.80. The lowest BCUT2D eigenvalue weighted by Gasteiger charge is -2.33. The topological polar surface area (TPSA) is 86.8 Å². The molecule has 3 aromatic rings. The summed E-state index contributed by atoms with van der Waals surface area (Å²) in [5.74, 6) is -0.803. The fourth-order valence-corrected chi connectivity index (χ4v) is 5.90. The molecular formula is C29H33Cl2N3O4S. The Morgan fingerprint density at radius 1 is 0.923 bits per heavy atom. The molecule has 0 bridgehead atoms. The van der Waals surface area contributed by atoms with Gasteiger partial charge in [0.2, 0.25) is 11.8 Å². The predicted molar refractivity (Wildman–Crippen MR) is 157 cm³/mol. The number of carbonyl (C=O) groups excluding carboxylic acids is 2. The molecule has 208 valence electrons. The van der Waals surface area contributed by atoms with Crippen molar-refractivity contribution in [1.82, 2.24) is 10.2 Å². The first kappa shape index (κ1) is 30.5. The van der Waals surface area contributed by atoms with Crippen molar-refractivity contribution in [3.05, 3.63) is 94.0 Å². The second kappa shape index (κ2) is 13.8. The summed E-state index contributed by atoms with van der Waals surface area (Å²) in [7, 11) is -4.19. The van der Waals surface area contributed by atoms with Crippen LogP contribution in [0.25, 0.3) is 0 Å². The lowest BCUT2D eigenvalue weighted by atomic mass is 10.1. The largest absolute Gasteiger partial charge is 0.354 e. The molecule has 3 aromatic carbocycles. The number of hydrogen-bond donors (Lipinski definition) is 1. The molecule has 0 aliphatic rings. The van der Waals surface area contributed by atoms with Gasteiger partial charge < -0.3 is 10.2 Å². The molecule has 0 spiro atoms. The third kappa shape index (κ3) is 7.97. The number of carbonyl (C=O) groups is 2. The number of amides is 2. The molecule has 1 atom stereocenters. The molecule has 0 unspecified atom stereocenters. The van der Waals surface area contributed by atoms with E-state index in [-0.39, 0.29) is 23.0 Å². The quantitative estimate of drug-likeness (QED) is 0.288. The Morgan fingerprint density at radius 3 is 2.23 bits per heavy atom. The smallest absolute Gasteiger partial charge is 0.264 e. The highest BCUT2D eigenvalue weighted by Crippen LogP contribution is 2.27. The summed E-state index contributed by atoms with van der Waals surface area (Å²) < 4.78 is 28.7. The van der Waals surface area contributed by atoms with E-state index in [1.807, 2.05) is 45.0 Å². The molecule has 0 aliphatic carbocycles. The van der Waals surface area contributed by atoms with Gasteiger partial charge in [-0.05, 0) is 67.8 Å². The fourth-order valence-electron chi connectivity index (χ4n) is 4.19. The Balaban J connectivity index is 2.05. The van der Waals surface area contributed by atoms with Crippen LogP contribution in [-0.2, 0) is 26.2 Å². The van der Waals surface area contributed by atoms with Crippen molar-refractivity contribution in [3.8, 4) is 0 Å². The summed E-state index contributed by atoms with van der Waals surface area (Å²) in [4.78, 5) is 28.5. The van der Waals surface area contributed by atoms with Crippen LogP contribution in [0.2, 0.25) is 10.0 Å². The van der Waals surface area contributed by atoms with Gasteiger partial charge in [0.15, 0.2) is 0 Å². The lowest BCUT2D eigenvalue weighted by Crippen LogP contribution is -2.52. The monoisotopic (exact) mass is 589 g/mol. The molecule has 0 saturated heterocycles. The van der Waals surface area contributed by atoms with E-state index in [9.17, 15) is 18.0 Å². The molecule has 0 radical (unpaired) electrons. The van der Waals surface area contributed by atoms with Gasteiger partial charge in [-0.25, -0.2) is 8.42 Å². The maximum atomic E-state index is 14.0. The number of aryl methyl sites for hydroxylation is 1. The van der Waals surface area contributed by atoms with Gasteiger partial charge in [-0.3, -0.25) is 13.9 Å². The number of nitrogens with zero attached hydrogens (tertiary/aromatic N) is 2. The van der Waals surface area contributed by atoms with Crippen LogP contribution in [0.3, 0.4) is 0 Å². The molecule has 7 nitrogen and oxygen atoms in total. The lowest BCUT2D eigenvalue weighted by molar-refractivity contribution is -0.140. The Hall–Kier alpha value is -3.07. The molecule has 39 heavy (non-hydrogen) atoms. The Kier molecular flexibility index (Phi) is 10.8. The van der Waals surface area contributed by atoms with Crippen LogP contribution >= 0.6 is 23.2 Å². The van der Waals surface area contributed by atoms with Crippen LogP contribution in [0.15, 0.2) is 77.7 Å². The van der Waals surface area contributed by atoms with E-state index in [4.69, 9.17) is 23.2 Å². The van der Waals surface area contributed by atoms with Gasteiger partial charge in [0.25, 0.3) is 10.0 Å². The molecule has 0 heterocycles. The Bertz CT molecular complexity index is 1400. The summed E-state index contributed by atoms with van der Waals surface area (Å²) in [5.41, 5.74) is 2.07. The van der Waals surface area contributed by atoms with E-state index >= 15 is 0 Å². The van der Waals surface area contributed by atoms with Crippen molar-refractivity contribution in [2.45, 2.75) is 51.1 Å². The number of sulfonamides is 1. The van der Waals surface area contributed by atoms with Crippen molar-refractivity contribution in [3.63, 3.8) is 0 Å². The standard InChI is InChI=1S/C29H33Cl2N3O4S/c1-4-16-32-29(36)27(5-2)33(19-22-9-6-8-21(3)17-22)28(35)20-34(25-11-7-10-24(31)18-25)39(37,38)26-14-12-23(30)13-15-26/h6-15,17-18,27H,4-5,16,19-20H2,1-3H3,(H,32,36)/t27-/m1/s1. The van der Waals surface area contributed by atoms with Crippen LogP contribution in [0, 0.1) is 6.92 Å². The van der Waals surface area contributed by atoms with Gasteiger partial charge in [0, 0.05) is 23.1 Å². The van der Waals surface area contributed by atoms with E-state index in [1.54, 1.807) is 18.2 Å². The number of nitrogens with one attached hydrogen (secondary N) is 1. The van der Waals surface area contributed by atoms with Gasteiger partial charge >= 0.3 is 0 Å². The van der Waals surface area contributed by atoms with Gasteiger partial charge in [-0.15, -0.1) is 0 Å². The molecule has 0 fully saturated rings. The second-order valence-electron chi connectivity index (χ2n) is 9.17. The minimum absolute atomic E-state index is 0.0300. The van der Waals surface area contributed by atoms with Gasteiger partial charge in [-0.1, -0.05) is 72.9 Å². The molecule has 3 rings (SSSR count). The van der Waals surface area contributed by atoms with Crippen molar-refractivity contribution >= 4 is 50.7 Å². The van der Waals surface area contributed by atoms with E-state index < -0.39 is 28.5 Å². The summed E-state index contributed by atoms with van der Waals surface area (Å²) in [5, 5.41) is 3.57. The number of anilines is 1. The molecule has 0 aromatic heterocycles. The predicted octanol–water partition coefficient (Wildman–Crippen LogP) is 5.83. The molecule has 10 heteroatoms. The van der Waals surface area contributed by atoms with Crippen molar-refractivity contribution in [1.29, 1.82) is 0 Å². The minimum atomic E-state index is -4.19. The second-order valence-corrected chi connectivity index (χ2v) is 11.9. The molecule has 0 saturated carbocycles. The third-order valence-electron chi connectivity index (χ3n) is 6.15. The highest BCUT2D eigenvalue weighted by molar-refractivity contribution is 7.92. The van der Waals surface area contributed by atoms with E-state index in [0.717, 1.165) is 21.9 Å². The minimum Gasteiger partial charge on any atom is -0.354 e. The van der Waals surface area contributed by atoms with Gasteiger partial charge in [0.05, 0.1) is 10.6 Å². The van der Waals surface area contributed by atoms with Crippen LogP contribution in [0.4, 0.5) is 5.69 Å². The Morgan fingerprint density at radius 2 is 1.62 bits per heavy atom. The van der Waals surface area contributed by atoms with E-state index in [0.29, 0.717) is 23.0 Å². The average Bonchev–Trinajstić information content (AvgIpc) is 2.90. The third-order valence-corrected chi connectivity index (χ3v) is 8.42. The van der Waals surface area contributed by atoms with E-state index in [2.05, 4.69) is 5.32 Å². The Labute approximate surface area is 240 Å². The normalized spacial score (nSPS) is 12.0. The number of halogens is 2. The zero-order valence-electron chi connectivity index (χ0n) is 22.2. The molecule has 0 aliphatic heterocycles. The van der Waals surface area contributed by atoms with Gasteiger partial charge in [0.1, 0.15) is 12.6 Å². The first-order chi connectivity index (χ1) is 18.6. The SMILES string of the molecule is CCCNC(=O)[C@@H](CC)N(Cc1cccc(C)c1)C(=O)CN(c1cccc(Cl)c1)S(=O)(=O)c1ccc(Cl)cc1.